The van der Waals surface area contributed by atoms with E-state index in [2.05, 4.69) is 5.32 Å². The van der Waals surface area contributed by atoms with Gasteiger partial charge in [0.1, 0.15) is 17.9 Å². The second-order valence-corrected chi connectivity index (χ2v) is 8.10. The average Bonchev–Trinajstić information content (AvgIpc) is 2.87. The monoisotopic (exact) mass is 506 g/mol. The lowest BCUT2D eigenvalue weighted by molar-refractivity contribution is -0.122. The third kappa shape index (κ3) is 5.34. The van der Waals surface area contributed by atoms with Crippen molar-refractivity contribution < 1.29 is 28.6 Å². The van der Waals surface area contributed by atoms with Crippen LogP contribution in [0.1, 0.15) is 18.1 Å². The van der Waals surface area contributed by atoms with Crippen LogP contribution in [0.25, 0.3) is 6.08 Å². The number of rotatable bonds is 8. The Bertz CT molecular complexity index is 1320. The van der Waals surface area contributed by atoms with Gasteiger partial charge in [0.15, 0.2) is 11.5 Å². The van der Waals surface area contributed by atoms with E-state index in [4.69, 9.17) is 25.8 Å². The summed E-state index contributed by atoms with van der Waals surface area (Å²) in [4.78, 5) is 39.1. The van der Waals surface area contributed by atoms with Crippen LogP contribution < -0.4 is 24.4 Å². The Morgan fingerprint density at radius 3 is 2.36 bits per heavy atom. The lowest BCUT2D eigenvalue weighted by Gasteiger charge is -2.26. The van der Waals surface area contributed by atoms with Crippen molar-refractivity contribution in [3.63, 3.8) is 0 Å². The topological polar surface area (TPSA) is 94.2 Å². The summed E-state index contributed by atoms with van der Waals surface area (Å²) >= 11 is 6.46. The number of ether oxygens (including phenoxy) is 3. The number of anilines is 1. The fourth-order valence-electron chi connectivity index (χ4n) is 3.61. The number of nitrogens with one attached hydrogen (secondary N) is 1. The number of hydrogen-bond acceptors (Lipinski definition) is 6. The number of carbonyl (C=O) groups is 3. The first-order valence-corrected chi connectivity index (χ1v) is 11.5. The van der Waals surface area contributed by atoms with Gasteiger partial charge in [-0.25, -0.2) is 9.69 Å². The van der Waals surface area contributed by atoms with Crippen molar-refractivity contribution in [2.24, 2.45) is 0 Å². The van der Waals surface area contributed by atoms with E-state index in [1.807, 2.05) is 37.3 Å². The summed E-state index contributed by atoms with van der Waals surface area (Å²) in [6.45, 7) is 2.60. The van der Waals surface area contributed by atoms with Gasteiger partial charge in [-0.05, 0) is 60.5 Å². The van der Waals surface area contributed by atoms with Gasteiger partial charge in [0.2, 0.25) is 0 Å². The maximum Gasteiger partial charge on any atom is 0.335 e. The molecule has 1 N–H and O–H groups in total. The third-order valence-electron chi connectivity index (χ3n) is 5.30. The van der Waals surface area contributed by atoms with Crippen molar-refractivity contribution in [3.05, 3.63) is 88.5 Å². The van der Waals surface area contributed by atoms with Crippen LogP contribution in [-0.4, -0.2) is 31.6 Å². The zero-order valence-corrected chi connectivity index (χ0v) is 20.4. The van der Waals surface area contributed by atoms with Gasteiger partial charge >= 0.3 is 6.03 Å². The van der Waals surface area contributed by atoms with Gasteiger partial charge in [-0.3, -0.25) is 14.9 Å². The summed E-state index contributed by atoms with van der Waals surface area (Å²) in [6, 6.07) is 18.3. The molecule has 0 saturated carbocycles. The number of methoxy groups -OCH3 is 1. The van der Waals surface area contributed by atoms with E-state index in [0.29, 0.717) is 35.1 Å². The number of amides is 4. The largest absolute Gasteiger partial charge is 0.494 e. The number of benzene rings is 3. The second kappa shape index (κ2) is 11.0. The van der Waals surface area contributed by atoms with E-state index >= 15 is 0 Å². The molecule has 0 spiro atoms. The number of hydrogen-bond donors (Lipinski definition) is 1. The lowest BCUT2D eigenvalue weighted by atomic mass is 10.1. The Morgan fingerprint density at radius 2 is 1.69 bits per heavy atom. The molecule has 0 aliphatic carbocycles. The molecular formula is C27H23ClN2O6. The van der Waals surface area contributed by atoms with Crippen LogP contribution in [0.4, 0.5) is 10.5 Å². The fourth-order valence-corrected chi connectivity index (χ4v) is 3.88. The minimum Gasteiger partial charge on any atom is -0.494 e. The van der Waals surface area contributed by atoms with Crippen molar-refractivity contribution in [3.8, 4) is 17.2 Å². The maximum absolute atomic E-state index is 13.2. The Balaban J connectivity index is 1.62. The number of urea groups is 1. The summed E-state index contributed by atoms with van der Waals surface area (Å²) in [5.74, 6) is -0.336. The Morgan fingerprint density at radius 1 is 0.972 bits per heavy atom. The predicted octanol–water partition coefficient (Wildman–Crippen LogP) is 4.99. The van der Waals surface area contributed by atoms with Gasteiger partial charge in [0, 0.05) is 0 Å². The van der Waals surface area contributed by atoms with Crippen LogP contribution >= 0.6 is 11.6 Å². The van der Waals surface area contributed by atoms with E-state index in [9.17, 15) is 14.4 Å². The SMILES string of the molecule is CCOc1ccc(N2C(=O)NC(=O)/C(=C\c3cc(Cl)c(OCc4ccccc4)c(OC)c3)C2=O)cc1. The number of nitrogens with zero attached hydrogens (tertiary/aromatic N) is 1. The summed E-state index contributed by atoms with van der Waals surface area (Å²) in [5.41, 5.74) is 1.42. The van der Waals surface area contributed by atoms with Crippen molar-refractivity contribution in [2.75, 3.05) is 18.6 Å². The molecule has 1 aliphatic heterocycles. The summed E-state index contributed by atoms with van der Waals surface area (Å²) in [6.07, 6.45) is 1.35. The van der Waals surface area contributed by atoms with Crippen molar-refractivity contribution in [1.29, 1.82) is 0 Å². The molecule has 4 amide bonds. The molecule has 1 aliphatic rings. The van der Waals surface area contributed by atoms with Gasteiger partial charge < -0.3 is 14.2 Å². The first-order valence-electron chi connectivity index (χ1n) is 11.1. The summed E-state index contributed by atoms with van der Waals surface area (Å²) in [5, 5.41) is 2.44. The lowest BCUT2D eigenvalue weighted by Crippen LogP contribution is -2.54. The first-order chi connectivity index (χ1) is 17.4. The van der Waals surface area contributed by atoms with Gasteiger partial charge in [0.25, 0.3) is 11.8 Å². The van der Waals surface area contributed by atoms with Crippen LogP contribution in [0.2, 0.25) is 5.02 Å². The quantitative estimate of drug-likeness (QED) is 0.341. The zero-order valence-electron chi connectivity index (χ0n) is 19.6. The van der Waals surface area contributed by atoms with E-state index in [1.165, 1.54) is 13.2 Å². The molecular weight excluding hydrogens is 484 g/mol. The van der Waals surface area contributed by atoms with Crippen LogP contribution in [0.5, 0.6) is 17.2 Å². The highest BCUT2D eigenvalue weighted by Crippen LogP contribution is 2.38. The minimum atomic E-state index is -0.841. The molecule has 36 heavy (non-hydrogen) atoms. The Kier molecular flexibility index (Phi) is 7.56. The average molecular weight is 507 g/mol. The molecule has 1 heterocycles. The molecule has 1 fully saturated rings. The normalized spacial score (nSPS) is 14.6. The van der Waals surface area contributed by atoms with E-state index in [-0.39, 0.29) is 17.2 Å². The molecule has 9 heteroatoms. The predicted molar refractivity (Wildman–Crippen MR) is 135 cm³/mol. The molecule has 3 aromatic rings. The standard InChI is InChI=1S/C27H23ClN2O6/c1-3-35-20-11-9-19(10-12-20)30-26(32)21(25(31)29-27(30)33)13-18-14-22(28)24(23(15-18)34-2)36-16-17-7-5-4-6-8-17/h4-15H,3,16H2,1-2H3,(H,29,31,33)/b21-13+. The second-order valence-electron chi connectivity index (χ2n) is 7.69. The van der Waals surface area contributed by atoms with Crippen LogP contribution in [0, 0.1) is 0 Å². The number of barbiturate groups is 1. The van der Waals surface area contributed by atoms with Crippen LogP contribution in [0.3, 0.4) is 0 Å². The van der Waals surface area contributed by atoms with E-state index < -0.39 is 17.8 Å². The molecule has 1 saturated heterocycles. The van der Waals surface area contributed by atoms with Crippen molar-refractivity contribution >= 4 is 41.2 Å². The van der Waals surface area contributed by atoms with Gasteiger partial charge in [-0.2, -0.15) is 0 Å². The van der Waals surface area contributed by atoms with Crippen LogP contribution in [0.15, 0.2) is 72.3 Å². The van der Waals surface area contributed by atoms with E-state index in [0.717, 1.165) is 10.5 Å². The molecule has 0 unspecified atom stereocenters. The number of carbonyl (C=O) groups excluding carboxylic acids is 3. The van der Waals surface area contributed by atoms with Crippen LogP contribution in [-0.2, 0) is 16.2 Å². The molecule has 0 atom stereocenters. The maximum atomic E-state index is 13.2. The number of halogens is 1. The highest BCUT2D eigenvalue weighted by atomic mass is 35.5. The molecule has 0 aromatic heterocycles. The summed E-state index contributed by atoms with van der Waals surface area (Å²) in [7, 11) is 1.46. The van der Waals surface area contributed by atoms with E-state index in [1.54, 1.807) is 36.4 Å². The summed E-state index contributed by atoms with van der Waals surface area (Å²) < 4.78 is 16.7. The minimum absolute atomic E-state index is 0.236. The highest BCUT2D eigenvalue weighted by Gasteiger charge is 2.37. The molecule has 4 rings (SSSR count). The van der Waals surface area contributed by atoms with Crippen molar-refractivity contribution in [2.45, 2.75) is 13.5 Å². The molecule has 184 valence electrons. The Hall–Kier alpha value is -4.30. The number of imide groups is 2. The van der Waals surface area contributed by atoms with Gasteiger partial charge in [-0.1, -0.05) is 41.9 Å². The first kappa shape index (κ1) is 24.8. The van der Waals surface area contributed by atoms with Crippen molar-refractivity contribution in [1.82, 2.24) is 5.32 Å². The van der Waals surface area contributed by atoms with Gasteiger partial charge in [-0.15, -0.1) is 0 Å². The van der Waals surface area contributed by atoms with Gasteiger partial charge in [0.05, 0.1) is 24.4 Å². The Labute approximate surface area is 213 Å². The third-order valence-corrected chi connectivity index (χ3v) is 5.58. The molecule has 0 radical (unpaired) electrons. The molecule has 0 bridgehead atoms. The highest BCUT2D eigenvalue weighted by molar-refractivity contribution is 6.39. The smallest absolute Gasteiger partial charge is 0.335 e. The molecule has 8 nitrogen and oxygen atoms in total. The molecule has 3 aromatic carbocycles. The zero-order chi connectivity index (χ0) is 25.7. The fraction of sp³-hybridized carbons (Fsp3) is 0.148.